The van der Waals surface area contributed by atoms with Gasteiger partial charge >= 0.3 is 5.97 Å². The van der Waals surface area contributed by atoms with Crippen molar-refractivity contribution in [1.29, 1.82) is 0 Å². The second-order valence-electron chi connectivity index (χ2n) is 4.30. The first-order valence-electron chi connectivity index (χ1n) is 5.80. The molecule has 0 saturated heterocycles. The average Bonchev–Trinajstić information content (AvgIpc) is 2.28. The number of benzene rings is 1. The number of halogens is 1. The highest BCUT2D eigenvalue weighted by Crippen LogP contribution is 2.28. The van der Waals surface area contributed by atoms with E-state index in [-0.39, 0.29) is 23.1 Å². The van der Waals surface area contributed by atoms with E-state index in [1.54, 1.807) is 0 Å². The van der Waals surface area contributed by atoms with Crippen molar-refractivity contribution in [3.8, 4) is 0 Å². The molecule has 0 bridgehead atoms. The fourth-order valence-corrected chi connectivity index (χ4v) is 1.77. The lowest BCUT2D eigenvalue weighted by Gasteiger charge is -2.24. The first-order chi connectivity index (χ1) is 8.61. The molecule has 0 heterocycles. The van der Waals surface area contributed by atoms with Crippen LogP contribution in [0.1, 0.15) is 29.6 Å². The van der Waals surface area contributed by atoms with Gasteiger partial charge in [0.05, 0.1) is 18.4 Å². The summed E-state index contributed by atoms with van der Waals surface area (Å²) >= 11 is 0. The number of methoxy groups -OCH3 is 1. The van der Waals surface area contributed by atoms with E-state index in [9.17, 15) is 14.0 Å². The van der Waals surface area contributed by atoms with Gasteiger partial charge in [-0.25, -0.2) is 9.18 Å². The van der Waals surface area contributed by atoms with Gasteiger partial charge in [0.1, 0.15) is 5.82 Å². The van der Waals surface area contributed by atoms with E-state index in [0.29, 0.717) is 0 Å². The highest BCUT2D eigenvalue weighted by molar-refractivity contribution is 5.95. The first kappa shape index (κ1) is 12.5. The Balaban J connectivity index is 2.15. The molecule has 1 aromatic rings. The predicted octanol–water partition coefficient (Wildman–Crippen LogP) is 2.35. The maximum atomic E-state index is 13.5. The molecule has 0 aromatic heterocycles. The van der Waals surface area contributed by atoms with Gasteiger partial charge in [-0.1, -0.05) is 6.42 Å². The topological polar surface area (TPSA) is 55.4 Å². The number of nitrogens with one attached hydrogen (secondary N) is 1. The van der Waals surface area contributed by atoms with Crippen LogP contribution in [0.5, 0.6) is 0 Å². The van der Waals surface area contributed by atoms with E-state index in [0.717, 1.165) is 25.3 Å². The molecule has 1 fully saturated rings. The summed E-state index contributed by atoms with van der Waals surface area (Å²) in [6, 6.07) is 3.75. The number of hydrogen-bond acceptors (Lipinski definition) is 3. The minimum Gasteiger partial charge on any atom is -0.465 e. The van der Waals surface area contributed by atoms with Crippen LogP contribution in [0.3, 0.4) is 0 Å². The largest absolute Gasteiger partial charge is 0.465 e. The number of ether oxygens (including phenoxy) is 1. The number of carbonyl (C=O) groups excluding carboxylic acids is 2. The normalized spacial score (nSPS) is 14.8. The third kappa shape index (κ3) is 2.50. The van der Waals surface area contributed by atoms with E-state index >= 15 is 0 Å². The third-order valence-corrected chi connectivity index (χ3v) is 3.12. The van der Waals surface area contributed by atoms with Crippen LogP contribution in [0.4, 0.5) is 10.1 Å². The number of hydrogen-bond donors (Lipinski definition) is 1. The number of amides is 1. The Labute approximate surface area is 104 Å². The van der Waals surface area contributed by atoms with Crippen LogP contribution >= 0.6 is 0 Å². The zero-order valence-electron chi connectivity index (χ0n) is 10.0. The quantitative estimate of drug-likeness (QED) is 0.839. The Kier molecular flexibility index (Phi) is 3.60. The van der Waals surface area contributed by atoms with Crippen molar-refractivity contribution < 1.29 is 18.7 Å². The molecule has 0 spiro atoms. The Morgan fingerprint density at radius 2 is 2.11 bits per heavy atom. The van der Waals surface area contributed by atoms with Gasteiger partial charge in [0.2, 0.25) is 5.91 Å². The SMILES string of the molecule is COC(=O)c1ccc(F)c(NC(=O)C2CCC2)c1. The summed E-state index contributed by atoms with van der Waals surface area (Å²) in [5, 5.41) is 2.51. The van der Waals surface area contributed by atoms with Crippen LogP contribution < -0.4 is 5.32 Å². The molecular weight excluding hydrogens is 237 g/mol. The molecule has 4 nitrogen and oxygen atoms in total. The van der Waals surface area contributed by atoms with Crippen LogP contribution in [0.25, 0.3) is 0 Å². The van der Waals surface area contributed by atoms with Crippen LogP contribution in [0.2, 0.25) is 0 Å². The molecule has 96 valence electrons. The lowest BCUT2D eigenvalue weighted by Crippen LogP contribution is -2.28. The van der Waals surface area contributed by atoms with Crippen molar-refractivity contribution in [3.63, 3.8) is 0 Å². The van der Waals surface area contributed by atoms with Gasteiger partial charge in [0, 0.05) is 5.92 Å². The summed E-state index contributed by atoms with van der Waals surface area (Å²) < 4.78 is 18.1. The fourth-order valence-electron chi connectivity index (χ4n) is 1.77. The molecule has 1 saturated carbocycles. The number of esters is 1. The van der Waals surface area contributed by atoms with E-state index in [1.165, 1.54) is 19.2 Å². The number of rotatable bonds is 3. The highest BCUT2D eigenvalue weighted by atomic mass is 19.1. The van der Waals surface area contributed by atoms with Gasteiger partial charge in [0.15, 0.2) is 0 Å². The van der Waals surface area contributed by atoms with E-state index in [2.05, 4.69) is 10.1 Å². The molecule has 1 N–H and O–H groups in total. The minimum atomic E-state index is -0.561. The van der Waals surface area contributed by atoms with E-state index in [4.69, 9.17) is 0 Å². The molecule has 1 aromatic carbocycles. The molecule has 1 aliphatic carbocycles. The molecule has 0 radical (unpaired) electrons. The van der Waals surface area contributed by atoms with Gasteiger partial charge in [-0.3, -0.25) is 4.79 Å². The summed E-state index contributed by atoms with van der Waals surface area (Å²) in [4.78, 5) is 23.0. The van der Waals surface area contributed by atoms with Gasteiger partial charge in [-0.15, -0.1) is 0 Å². The smallest absolute Gasteiger partial charge is 0.337 e. The van der Waals surface area contributed by atoms with Crippen molar-refractivity contribution in [2.45, 2.75) is 19.3 Å². The molecule has 0 aliphatic heterocycles. The van der Waals surface area contributed by atoms with E-state index < -0.39 is 11.8 Å². The lowest BCUT2D eigenvalue weighted by atomic mass is 9.85. The van der Waals surface area contributed by atoms with Crippen LogP contribution in [0.15, 0.2) is 18.2 Å². The molecular formula is C13H14FNO3. The molecule has 18 heavy (non-hydrogen) atoms. The predicted molar refractivity (Wildman–Crippen MR) is 63.7 cm³/mol. The molecule has 0 unspecified atom stereocenters. The standard InChI is InChI=1S/C13H14FNO3/c1-18-13(17)9-5-6-10(14)11(7-9)15-12(16)8-3-2-4-8/h5-8H,2-4H2,1H3,(H,15,16). The highest BCUT2D eigenvalue weighted by Gasteiger charge is 2.26. The number of carbonyl (C=O) groups is 2. The first-order valence-corrected chi connectivity index (χ1v) is 5.80. The monoisotopic (exact) mass is 251 g/mol. The van der Waals surface area contributed by atoms with Crippen molar-refractivity contribution in [3.05, 3.63) is 29.6 Å². The maximum Gasteiger partial charge on any atom is 0.337 e. The summed E-state index contributed by atoms with van der Waals surface area (Å²) in [6.45, 7) is 0. The van der Waals surface area contributed by atoms with Crippen molar-refractivity contribution in [2.75, 3.05) is 12.4 Å². The van der Waals surface area contributed by atoms with Gasteiger partial charge in [-0.2, -0.15) is 0 Å². The Hall–Kier alpha value is -1.91. The average molecular weight is 251 g/mol. The van der Waals surface area contributed by atoms with E-state index in [1.807, 2.05) is 0 Å². The van der Waals surface area contributed by atoms with Gasteiger partial charge < -0.3 is 10.1 Å². The lowest BCUT2D eigenvalue weighted by molar-refractivity contribution is -0.122. The van der Waals surface area contributed by atoms with Crippen LogP contribution in [-0.4, -0.2) is 19.0 Å². The second kappa shape index (κ2) is 5.16. The van der Waals surface area contributed by atoms with Crippen LogP contribution in [-0.2, 0) is 9.53 Å². The Bertz CT molecular complexity index is 483. The molecule has 5 heteroatoms. The summed E-state index contributed by atoms with van der Waals surface area (Å²) in [6.07, 6.45) is 2.71. The maximum absolute atomic E-state index is 13.5. The Morgan fingerprint density at radius 3 is 2.67 bits per heavy atom. The summed E-state index contributed by atoms with van der Waals surface area (Å²) in [5.41, 5.74) is 0.234. The summed E-state index contributed by atoms with van der Waals surface area (Å²) in [7, 11) is 1.25. The zero-order valence-corrected chi connectivity index (χ0v) is 10.0. The third-order valence-electron chi connectivity index (χ3n) is 3.12. The van der Waals surface area contributed by atoms with Crippen molar-refractivity contribution >= 4 is 17.6 Å². The van der Waals surface area contributed by atoms with Gasteiger partial charge in [-0.05, 0) is 31.0 Å². The molecule has 0 atom stereocenters. The minimum absolute atomic E-state index is 0.0230. The zero-order chi connectivity index (χ0) is 13.1. The van der Waals surface area contributed by atoms with Gasteiger partial charge in [0.25, 0.3) is 0 Å². The second-order valence-corrected chi connectivity index (χ2v) is 4.30. The van der Waals surface area contributed by atoms with Crippen molar-refractivity contribution in [2.24, 2.45) is 5.92 Å². The molecule has 1 aliphatic rings. The Morgan fingerprint density at radius 1 is 1.39 bits per heavy atom. The summed E-state index contributed by atoms with van der Waals surface area (Å²) in [5.74, 6) is -1.35. The van der Waals surface area contributed by atoms with Crippen LogP contribution in [0, 0.1) is 11.7 Å². The number of anilines is 1. The molecule has 2 rings (SSSR count). The van der Waals surface area contributed by atoms with Crippen molar-refractivity contribution in [1.82, 2.24) is 0 Å². The molecule has 1 amide bonds. The fraction of sp³-hybridized carbons (Fsp3) is 0.385.